The van der Waals surface area contributed by atoms with E-state index >= 15 is 0 Å². The second-order valence-electron chi connectivity index (χ2n) is 5.92. The molecule has 0 radical (unpaired) electrons. The Balaban J connectivity index is 1.71. The largest absolute Gasteiger partial charge is 0.370 e. The van der Waals surface area contributed by atoms with Crippen LogP contribution in [0.25, 0.3) is 0 Å². The first-order valence-corrected chi connectivity index (χ1v) is 7.71. The number of fused-ring (bicyclic) bond motifs is 5. The Bertz CT molecular complexity index is 682. The number of benzene rings is 1. The quantitative estimate of drug-likeness (QED) is 0.937. The van der Waals surface area contributed by atoms with Gasteiger partial charge in [0.05, 0.1) is 6.04 Å². The van der Waals surface area contributed by atoms with Crippen LogP contribution in [0.2, 0.25) is 0 Å². The Morgan fingerprint density at radius 1 is 1.24 bits per heavy atom. The maximum absolute atomic E-state index is 4.66. The standard InChI is InChI=1S/C17H20N4/c1-3-18-16-9-17(20-11(2)19-16)21-10-12-8-15(21)14-7-5-4-6-13(12)14/h4-7,9,12,15H,3,8,10H2,1-2H3,(H,18,19,20)/t12-,15+/m1/s1. The normalized spacial score (nSPS) is 22.5. The number of hydrogen-bond donors (Lipinski definition) is 1. The highest BCUT2D eigenvalue weighted by atomic mass is 15.3. The molecule has 108 valence electrons. The number of aromatic nitrogens is 2. The molecule has 4 rings (SSSR count). The van der Waals surface area contributed by atoms with E-state index in [1.54, 1.807) is 0 Å². The van der Waals surface area contributed by atoms with Gasteiger partial charge in [0.15, 0.2) is 0 Å². The maximum Gasteiger partial charge on any atom is 0.134 e. The van der Waals surface area contributed by atoms with Gasteiger partial charge in [-0.3, -0.25) is 0 Å². The molecule has 1 fully saturated rings. The molecule has 4 nitrogen and oxygen atoms in total. The van der Waals surface area contributed by atoms with Gasteiger partial charge in [-0.25, -0.2) is 9.97 Å². The van der Waals surface area contributed by atoms with Crippen LogP contribution < -0.4 is 10.2 Å². The molecular formula is C17H20N4. The molecule has 1 aliphatic heterocycles. The molecule has 4 heteroatoms. The first-order valence-electron chi connectivity index (χ1n) is 7.71. The summed E-state index contributed by atoms with van der Waals surface area (Å²) in [5, 5.41) is 3.30. The van der Waals surface area contributed by atoms with Crippen LogP contribution in [0.15, 0.2) is 30.3 Å². The number of nitrogens with zero attached hydrogens (tertiary/aromatic N) is 3. The summed E-state index contributed by atoms with van der Waals surface area (Å²) in [5.74, 6) is 3.47. The van der Waals surface area contributed by atoms with Crippen molar-refractivity contribution in [3.63, 3.8) is 0 Å². The Labute approximate surface area is 125 Å². The fourth-order valence-electron chi connectivity index (χ4n) is 3.77. The topological polar surface area (TPSA) is 41.0 Å². The molecule has 2 aromatic rings. The lowest BCUT2D eigenvalue weighted by molar-refractivity contribution is 0.726. The van der Waals surface area contributed by atoms with Crippen molar-refractivity contribution in [3.8, 4) is 0 Å². The average Bonchev–Trinajstić information content (AvgIpc) is 3.06. The Morgan fingerprint density at radius 3 is 2.86 bits per heavy atom. The Hall–Kier alpha value is -2.10. The third-order valence-corrected chi connectivity index (χ3v) is 4.57. The second kappa shape index (κ2) is 4.72. The van der Waals surface area contributed by atoms with E-state index in [2.05, 4.69) is 57.4 Å². The predicted octanol–water partition coefficient (Wildman–Crippen LogP) is 3.27. The van der Waals surface area contributed by atoms with Crippen LogP contribution in [0, 0.1) is 6.92 Å². The van der Waals surface area contributed by atoms with Crippen molar-refractivity contribution in [2.24, 2.45) is 0 Å². The molecule has 1 N–H and O–H groups in total. The molecule has 2 aliphatic rings. The van der Waals surface area contributed by atoms with Crippen LogP contribution in [0.4, 0.5) is 11.6 Å². The van der Waals surface area contributed by atoms with Crippen molar-refractivity contribution in [2.75, 3.05) is 23.3 Å². The van der Waals surface area contributed by atoms with Gasteiger partial charge >= 0.3 is 0 Å². The van der Waals surface area contributed by atoms with Crippen LogP contribution in [-0.2, 0) is 0 Å². The van der Waals surface area contributed by atoms with Crippen molar-refractivity contribution in [2.45, 2.75) is 32.2 Å². The molecule has 2 heterocycles. The lowest BCUT2D eigenvalue weighted by atomic mass is 9.99. The van der Waals surface area contributed by atoms with Crippen LogP contribution in [0.5, 0.6) is 0 Å². The minimum Gasteiger partial charge on any atom is -0.370 e. The summed E-state index contributed by atoms with van der Waals surface area (Å²) in [4.78, 5) is 11.6. The van der Waals surface area contributed by atoms with Gasteiger partial charge in [0, 0.05) is 25.1 Å². The van der Waals surface area contributed by atoms with E-state index < -0.39 is 0 Å². The highest BCUT2D eigenvalue weighted by Crippen LogP contribution is 2.51. The Kier molecular flexibility index (Phi) is 2.84. The number of anilines is 2. The summed E-state index contributed by atoms with van der Waals surface area (Å²) in [5.41, 5.74) is 3.02. The van der Waals surface area contributed by atoms with Gasteiger partial charge in [0.2, 0.25) is 0 Å². The number of nitrogens with one attached hydrogen (secondary N) is 1. The van der Waals surface area contributed by atoms with E-state index in [0.29, 0.717) is 12.0 Å². The molecule has 0 saturated carbocycles. The van der Waals surface area contributed by atoms with Crippen LogP contribution in [-0.4, -0.2) is 23.1 Å². The zero-order valence-electron chi connectivity index (χ0n) is 12.5. The molecular weight excluding hydrogens is 260 g/mol. The zero-order chi connectivity index (χ0) is 14.4. The molecule has 2 atom stereocenters. The monoisotopic (exact) mass is 280 g/mol. The van der Waals surface area contributed by atoms with Crippen molar-refractivity contribution in [3.05, 3.63) is 47.3 Å². The summed E-state index contributed by atoms with van der Waals surface area (Å²) in [6.45, 7) is 6.01. The highest BCUT2D eigenvalue weighted by Gasteiger charge is 2.42. The summed E-state index contributed by atoms with van der Waals surface area (Å²) < 4.78 is 0. The first kappa shape index (κ1) is 12.6. The van der Waals surface area contributed by atoms with E-state index in [1.807, 2.05) is 6.92 Å². The number of aryl methyl sites for hydroxylation is 1. The van der Waals surface area contributed by atoms with Gasteiger partial charge in [0.25, 0.3) is 0 Å². The summed E-state index contributed by atoms with van der Waals surface area (Å²) >= 11 is 0. The number of hydrogen-bond acceptors (Lipinski definition) is 4. The fraction of sp³-hybridized carbons (Fsp3) is 0.412. The molecule has 1 saturated heterocycles. The molecule has 2 bridgehead atoms. The molecule has 21 heavy (non-hydrogen) atoms. The van der Waals surface area contributed by atoms with Gasteiger partial charge in [-0.15, -0.1) is 0 Å². The average molecular weight is 280 g/mol. The summed E-state index contributed by atoms with van der Waals surface area (Å²) in [6, 6.07) is 11.4. The van der Waals surface area contributed by atoms with Crippen LogP contribution in [0.1, 0.15) is 42.3 Å². The van der Waals surface area contributed by atoms with E-state index in [9.17, 15) is 0 Å². The van der Waals surface area contributed by atoms with E-state index in [1.165, 1.54) is 17.5 Å². The molecule has 1 aromatic carbocycles. The minimum atomic E-state index is 0.481. The third-order valence-electron chi connectivity index (χ3n) is 4.57. The highest BCUT2D eigenvalue weighted by molar-refractivity contribution is 5.57. The lowest BCUT2D eigenvalue weighted by Crippen LogP contribution is -2.28. The first-order chi connectivity index (χ1) is 10.3. The molecule has 1 aromatic heterocycles. The van der Waals surface area contributed by atoms with Crippen LogP contribution >= 0.6 is 0 Å². The smallest absolute Gasteiger partial charge is 0.134 e. The maximum atomic E-state index is 4.66. The van der Waals surface area contributed by atoms with Gasteiger partial charge in [0.1, 0.15) is 17.5 Å². The van der Waals surface area contributed by atoms with Gasteiger partial charge in [-0.05, 0) is 31.4 Å². The van der Waals surface area contributed by atoms with E-state index in [4.69, 9.17) is 0 Å². The molecule has 0 spiro atoms. The van der Waals surface area contributed by atoms with E-state index in [0.717, 1.165) is 30.5 Å². The molecule has 1 aliphatic carbocycles. The SMILES string of the molecule is CCNc1cc(N2C[C@H]3C[C@H]2c2ccccc23)nc(C)n1. The van der Waals surface area contributed by atoms with Gasteiger partial charge < -0.3 is 10.2 Å². The lowest BCUT2D eigenvalue weighted by Gasteiger charge is -2.30. The van der Waals surface area contributed by atoms with Crippen LogP contribution in [0.3, 0.4) is 0 Å². The second-order valence-corrected chi connectivity index (χ2v) is 5.92. The fourth-order valence-corrected chi connectivity index (χ4v) is 3.77. The third kappa shape index (κ3) is 1.97. The van der Waals surface area contributed by atoms with E-state index in [-0.39, 0.29) is 0 Å². The molecule has 0 amide bonds. The number of rotatable bonds is 3. The minimum absolute atomic E-state index is 0.481. The molecule has 0 unspecified atom stereocenters. The van der Waals surface area contributed by atoms with Gasteiger partial charge in [-0.1, -0.05) is 24.3 Å². The predicted molar refractivity (Wildman–Crippen MR) is 84.8 cm³/mol. The summed E-state index contributed by atoms with van der Waals surface area (Å²) in [7, 11) is 0. The van der Waals surface area contributed by atoms with Crippen molar-refractivity contribution in [1.82, 2.24) is 9.97 Å². The Morgan fingerprint density at radius 2 is 2.05 bits per heavy atom. The van der Waals surface area contributed by atoms with Gasteiger partial charge in [-0.2, -0.15) is 0 Å². The van der Waals surface area contributed by atoms with Crippen molar-refractivity contribution < 1.29 is 0 Å². The summed E-state index contributed by atoms with van der Waals surface area (Å²) in [6.07, 6.45) is 1.22. The zero-order valence-corrected chi connectivity index (χ0v) is 12.5. The van der Waals surface area contributed by atoms with Crippen molar-refractivity contribution >= 4 is 11.6 Å². The van der Waals surface area contributed by atoms with Crippen molar-refractivity contribution in [1.29, 1.82) is 0 Å².